The number of alkyl halides is 3. The molecular weight excluding hydrogens is 639 g/mol. The molecule has 6 unspecified atom stereocenters. The number of methoxy groups -OCH3 is 2. The number of allylic oxidation sites excluding steroid dienone is 3. The molecule has 220 valence electrons. The molecule has 0 bridgehead atoms. The van der Waals surface area contributed by atoms with Crippen molar-refractivity contribution < 1.29 is 33.8 Å². The number of halogens is 3. The predicted molar refractivity (Wildman–Crippen MR) is 156 cm³/mol. The fraction of sp³-hybridized carbons (Fsp3) is 0.517. The topological polar surface area (TPSA) is 113 Å². The van der Waals surface area contributed by atoms with E-state index >= 15 is 0 Å². The summed E-state index contributed by atoms with van der Waals surface area (Å²) in [6, 6.07) is 3.17. The zero-order chi connectivity index (χ0) is 30.2. The summed E-state index contributed by atoms with van der Waals surface area (Å²) in [6.45, 7) is 5.42. The number of amides is 4. The van der Waals surface area contributed by atoms with Gasteiger partial charge in [-0.05, 0) is 57.2 Å². The number of benzene rings is 1. The van der Waals surface area contributed by atoms with Crippen LogP contribution in [0.15, 0.2) is 29.9 Å². The Balaban J connectivity index is 1.66. The number of imide groups is 2. The number of nitrogens with zero attached hydrogens (tertiary/aromatic N) is 2. The number of likely N-dealkylation sites (tertiary alicyclic amines) is 2. The average molecular weight is 670 g/mol. The molecule has 4 amide bonds. The number of carbonyl (C=O) groups excluding carboxylic acids is 4. The first-order valence-electron chi connectivity index (χ1n) is 13.2. The monoisotopic (exact) mass is 668 g/mol. The van der Waals surface area contributed by atoms with Gasteiger partial charge in [0.2, 0.25) is 17.6 Å². The standard InChI is InChI=1S/C29H31BrCl2N2O7/c1-27(2,3)34-23(36)16-8-7-15-17(21(16)24(34)37)12-28(31)25(38)33(13-30)26(39)29(28,32)18(15)9-6-14-10-19(40-4)22(35)20(11-14)41-5/h6-7,9-11,16-18,21,35H,8,12-13H2,1-5H3. The summed E-state index contributed by atoms with van der Waals surface area (Å²) >= 11 is 17.6. The first-order chi connectivity index (χ1) is 19.2. The lowest BCUT2D eigenvalue weighted by molar-refractivity contribution is -0.146. The Morgan fingerprint density at radius 3 is 2.20 bits per heavy atom. The Morgan fingerprint density at radius 2 is 1.66 bits per heavy atom. The SMILES string of the molecule is COc1cc(C=CC2C3=CCC4C(=O)N(C(C)(C)C)C(=O)C4C3CC3(Cl)C(=O)N(CBr)C(=O)C23Cl)cc(OC)c1O. The van der Waals surface area contributed by atoms with Crippen molar-refractivity contribution in [1.29, 1.82) is 0 Å². The number of carbonyl (C=O) groups is 4. The van der Waals surface area contributed by atoms with E-state index in [-0.39, 0.29) is 40.9 Å². The number of hydrogen-bond acceptors (Lipinski definition) is 7. The van der Waals surface area contributed by atoms with E-state index < -0.39 is 50.8 Å². The second-order valence-electron chi connectivity index (χ2n) is 11.8. The lowest BCUT2D eigenvalue weighted by Crippen LogP contribution is -2.60. The van der Waals surface area contributed by atoms with Crippen molar-refractivity contribution in [3.63, 3.8) is 0 Å². The van der Waals surface area contributed by atoms with Crippen LogP contribution in [0.4, 0.5) is 0 Å². The minimum atomic E-state index is -1.88. The number of ether oxygens (including phenoxy) is 2. The summed E-state index contributed by atoms with van der Waals surface area (Å²) in [5, 5.41) is 10.3. The molecule has 1 aromatic rings. The Morgan fingerprint density at radius 1 is 1.05 bits per heavy atom. The summed E-state index contributed by atoms with van der Waals surface area (Å²) in [5.41, 5.74) is 0.438. The van der Waals surface area contributed by atoms with E-state index in [1.165, 1.54) is 19.1 Å². The van der Waals surface area contributed by atoms with Gasteiger partial charge in [0.25, 0.3) is 11.8 Å². The lowest BCUT2D eigenvalue weighted by atomic mass is 9.57. The molecule has 2 aliphatic carbocycles. The van der Waals surface area contributed by atoms with Gasteiger partial charge in [0.15, 0.2) is 21.2 Å². The largest absolute Gasteiger partial charge is 0.502 e. The van der Waals surface area contributed by atoms with Crippen LogP contribution in [0.3, 0.4) is 0 Å². The second kappa shape index (κ2) is 10.0. The van der Waals surface area contributed by atoms with E-state index in [0.717, 1.165) is 4.90 Å². The fourth-order valence-corrected chi connectivity index (χ4v) is 8.26. The maximum Gasteiger partial charge on any atom is 0.254 e. The first kappa shape index (κ1) is 29.9. The molecule has 0 aromatic heterocycles. The van der Waals surface area contributed by atoms with Crippen molar-refractivity contribution in [2.45, 2.75) is 48.9 Å². The number of fused-ring (bicyclic) bond motifs is 4. The minimum absolute atomic E-state index is 0.0681. The molecule has 2 saturated heterocycles. The fourth-order valence-electron chi connectivity index (χ4n) is 6.88. The zero-order valence-corrected chi connectivity index (χ0v) is 26.3. The third-order valence-electron chi connectivity index (χ3n) is 8.73. The molecule has 0 spiro atoms. The molecule has 9 nitrogen and oxygen atoms in total. The van der Waals surface area contributed by atoms with Crippen molar-refractivity contribution in [1.82, 2.24) is 9.80 Å². The average Bonchev–Trinajstić information content (AvgIpc) is 3.26. The van der Waals surface area contributed by atoms with E-state index in [0.29, 0.717) is 17.6 Å². The van der Waals surface area contributed by atoms with Crippen LogP contribution in [0, 0.1) is 23.7 Å². The van der Waals surface area contributed by atoms with E-state index in [4.69, 9.17) is 32.7 Å². The predicted octanol–water partition coefficient (Wildman–Crippen LogP) is 4.46. The van der Waals surface area contributed by atoms with E-state index in [9.17, 15) is 24.3 Å². The summed E-state index contributed by atoms with van der Waals surface area (Å²) in [6.07, 6.45) is 5.49. The van der Waals surface area contributed by atoms with Gasteiger partial charge >= 0.3 is 0 Å². The zero-order valence-electron chi connectivity index (χ0n) is 23.2. The Hall–Kier alpha value is -2.56. The van der Waals surface area contributed by atoms with Crippen LogP contribution in [-0.2, 0) is 19.2 Å². The smallest absolute Gasteiger partial charge is 0.254 e. The van der Waals surface area contributed by atoms with Gasteiger partial charge in [-0.2, -0.15) is 0 Å². The Labute approximate surface area is 256 Å². The van der Waals surface area contributed by atoms with Crippen LogP contribution in [0.2, 0.25) is 0 Å². The normalized spacial score (nSPS) is 33.2. The van der Waals surface area contributed by atoms with Crippen molar-refractivity contribution in [2.75, 3.05) is 19.7 Å². The van der Waals surface area contributed by atoms with Crippen LogP contribution in [0.25, 0.3) is 6.08 Å². The van der Waals surface area contributed by atoms with Crippen molar-refractivity contribution in [3.05, 3.63) is 35.4 Å². The highest BCUT2D eigenvalue weighted by Gasteiger charge is 2.75. The van der Waals surface area contributed by atoms with Gasteiger partial charge in [-0.25, -0.2) is 0 Å². The second-order valence-corrected chi connectivity index (χ2v) is 13.6. The third kappa shape index (κ3) is 4.07. The molecule has 41 heavy (non-hydrogen) atoms. The van der Waals surface area contributed by atoms with Crippen LogP contribution in [-0.4, -0.2) is 73.5 Å². The van der Waals surface area contributed by atoms with Crippen LogP contribution < -0.4 is 9.47 Å². The summed E-state index contributed by atoms with van der Waals surface area (Å²) in [4.78, 5) is 53.2. The molecule has 6 atom stereocenters. The molecule has 2 heterocycles. The Kier molecular flexibility index (Phi) is 7.31. The van der Waals surface area contributed by atoms with Gasteiger partial charge in [-0.3, -0.25) is 29.0 Å². The molecule has 0 radical (unpaired) electrons. The molecule has 3 fully saturated rings. The van der Waals surface area contributed by atoms with Crippen molar-refractivity contribution in [2.24, 2.45) is 23.7 Å². The van der Waals surface area contributed by atoms with Gasteiger partial charge in [0, 0.05) is 11.5 Å². The van der Waals surface area contributed by atoms with Gasteiger partial charge in [0.05, 0.1) is 31.5 Å². The van der Waals surface area contributed by atoms with Crippen LogP contribution >= 0.6 is 39.1 Å². The lowest BCUT2D eigenvalue weighted by Gasteiger charge is -2.49. The summed E-state index contributed by atoms with van der Waals surface area (Å²) in [5.74, 6) is -4.47. The Bertz CT molecular complexity index is 1400. The highest BCUT2D eigenvalue weighted by atomic mass is 79.9. The number of aromatic hydroxyl groups is 1. The third-order valence-corrected chi connectivity index (χ3v) is 10.7. The minimum Gasteiger partial charge on any atom is -0.502 e. The highest BCUT2D eigenvalue weighted by Crippen LogP contribution is 2.63. The number of phenols is 1. The maximum atomic E-state index is 13.8. The number of rotatable bonds is 5. The maximum absolute atomic E-state index is 13.8. The molecule has 5 rings (SSSR count). The quantitative estimate of drug-likeness (QED) is 0.213. The first-order valence-corrected chi connectivity index (χ1v) is 15.1. The molecular formula is C29H31BrCl2N2O7. The van der Waals surface area contributed by atoms with Crippen molar-refractivity contribution in [3.8, 4) is 17.2 Å². The molecule has 4 aliphatic rings. The highest BCUT2D eigenvalue weighted by molar-refractivity contribution is 9.09. The molecule has 12 heteroatoms. The summed E-state index contributed by atoms with van der Waals surface area (Å²) in [7, 11) is 2.82. The van der Waals surface area contributed by atoms with Crippen LogP contribution in [0.5, 0.6) is 17.2 Å². The molecule has 2 aliphatic heterocycles. The van der Waals surface area contributed by atoms with Crippen molar-refractivity contribution >= 4 is 68.8 Å². The summed E-state index contributed by atoms with van der Waals surface area (Å²) < 4.78 is 10.5. The van der Waals surface area contributed by atoms with E-state index in [2.05, 4.69) is 15.9 Å². The number of hydrogen-bond donors (Lipinski definition) is 1. The number of phenolic OH excluding ortho intramolecular Hbond substituents is 1. The molecule has 1 N–H and O–H groups in total. The van der Waals surface area contributed by atoms with Gasteiger partial charge in [-0.15, -0.1) is 23.2 Å². The van der Waals surface area contributed by atoms with Gasteiger partial charge in [-0.1, -0.05) is 39.7 Å². The van der Waals surface area contributed by atoms with Gasteiger partial charge < -0.3 is 14.6 Å². The molecule has 1 aromatic carbocycles. The molecule has 1 saturated carbocycles. The van der Waals surface area contributed by atoms with E-state index in [1.807, 2.05) is 6.08 Å². The van der Waals surface area contributed by atoms with Gasteiger partial charge in [0.1, 0.15) is 0 Å². The van der Waals surface area contributed by atoms with Crippen LogP contribution in [0.1, 0.15) is 39.2 Å². The van der Waals surface area contributed by atoms with E-state index in [1.54, 1.807) is 45.1 Å².